The Bertz CT molecular complexity index is 862. The summed E-state index contributed by atoms with van der Waals surface area (Å²) in [5.41, 5.74) is 6.25. The van der Waals surface area contributed by atoms with Gasteiger partial charge in [-0.2, -0.15) is 0 Å². The molecule has 1 heteroatoms. The van der Waals surface area contributed by atoms with Gasteiger partial charge in [-0.3, -0.25) is 0 Å². The first-order valence-corrected chi connectivity index (χ1v) is 15.1. The molecule has 1 aliphatic carbocycles. The fourth-order valence-corrected chi connectivity index (χ4v) is 3.07. The summed E-state index contributed by atoms with van der Waals surface area (Å²) in [5, 5.41) is 10.0. The smallest absolute Gasteiger partial charge is 0.123 e. The first-order chi connectivity index (χ1) is 18.8. The summed E-state index contributed by atoms with van der Waals surface area (Å²) in [6.07, 6.45) is 23.8. The average Bonchev–Trinajstić information content (AvgIpc) is 2.94. The SMILES string of the molecule is C=C(C)/C(C)=C/C.C=C/C(C=CC)=C(O)\C=C(/C)C(=C)/C=C\C=C(/C)CC.C=CC.CC.CC1CCC(C)CC1. The molecule has 0 aromatic heterocycles. The zero-order chi connectivity index (χ0) is 32.1. The maximum atomic E-state index is 10.0. The lowest BCUT2D eigenvalue weighted by Gasteiger charge is -2.22. The minimum atomic E-state index is 0.199. The van der Waals surface area contributed by atoms with Crippen LogP contribution in [0.15, 0.2) is 120 Å². The van der Waals surface area contributed by atoms with E-state index in [0.29, 0.717) is 5.57 Å². The van der Waals surface area contributed by atoms with Crippen LogP contribution in [0.4, 0.5) is 0 Å². The van der Waals surface area contributed by atoms with Crippen LogP contribution in [-0.4, -0.2) is 5.11 Å². The Morgan fingerprint density at radius 1 is 0.825 bits per heavy atom. The monoisotopic (exact) mass is 551 g/mol. The van der Waals surface area contributed by atoms with E-state index in [1.807, 2.05) is 72.8 Å². The van der Waals surface area contributed by atoms with Gasteiger partial charge in [0.2, 0.25) is 0 Å². The predicted molar refractivity (Wildman–Crippen MR) is 189 cm³/mol. The Labute approximate surface area is 252 Å². The van der Waals surface area contributed by atoms with Gasteiger partial charge in [-0.25, -0.2) is 0 Å². The second-order valence-corrected chi connectivity index (χ2v) is 10.1. The van der Waals surface area contributed by atoms with E-state index in [9.17, 15) is 5.11 Å². The van der Waals surface area contributed by atoms with Crippen molar-refractivity contribution >= 4 is 0 Å². The molecule has 1 aliphatic rings. The third kappa shape index (κ3) is 28.2. The van der Waals surface area contributed by atoms with Gasteiger partial charge in [-0.1, -0.05) is 145 Å². The standard InChI is InChI=1S/C19H26O.C8H16.C7H12.C3H6.C2H6/c1-7-11-18(9-3)19(20)14-17(6)16(5)13-10-12-15(4)8-2;1-7-3-5-8(2)6-4-7;1-5-7(4)6(2)3;1-3-2;1-2/h7,9-14,20H,3,5,8H2,1-2,4,6H3;7-8H,3-6H2,1-2H3;5H,2H2,1,3-4H3;3H,1H2,2H3;1-2H3/b11-7?,13-10-,15-12+,17-14+,19-18-;;7-5+;;. The van der Waals surface area contributed by atoms with Crippen molar-refractivity contribution in [3.8, 4) is 0 Å². The van der Waals surface area contributed by atoms with Crippen molar-refractivity contribution in [1.29, 1.82) is 0 Å². The topological polar surface area (TPSA) is 20.2 Å². The van der Waals surface area contributed by atoms with E-state index in [4.69, 9.17) is 0 Å². The summed E-state index contributed by atoms with van der Waals surface area (Å²) in [4.78, 5) is 0. The van der Waals surface area contributed by atoms with Crippen LogP contribution in [0.1, 0.15) is 115 Å². The third-order valence-electron chi connectivity index (χ3n) is 6.37. The molecule has 1 saturated carbocycles. The van der Waals surface area contributed by atoms with Gasteiger partial charge in [0.1, 0.15) is 5.76 Å². The van der Waals surface area contributed by atoms with E-state index < -0.39 is 0 Å². The number of aliphatic hydroxyl groups is 1. The van der Waals surface area contributed by atoms with Gasteiger partial charge in [0.15, 0.2) is 0 Å². The second kappa shape index (κ2) is 30.7. The lowest BCUT2D eigenvalue weighted by molar-refractivity contribution is 0.308. The zero-order valence-electron chi connectivity index (χ0n) is 28.7. The first-order valence-electron chi connectivity index (χ1n) is 15.1. The number of hydrogen-bond donors (Lipinski definition) is 1. The molecule has 0 aromatic rings. The molecule has 40 heavy (non-hydrogen) atoms. The van der Waals surface area contributed by atoms with Crippen molar-refractivity contribution in [2.75, 3.05) is 0 Å². The second-order valence-electron chi connectivity index (χ2n) is 10.1. The molecular weight excluding hydrogens is 484 g/mol. The molecule has 0 unspecified atom stereocenters. The molecule has 1 fully saturated rings. The summed E-state index contributed by atoms with van der Waals surface area (Å²) >= 11 is 0. The van der Waals surface area contributed by atoms with Crippen molar-refractivity contribution in [1.82, 2.24) is 0 Å². The molecule has 0 saturated heterocycles. The van der Waals surface area contributed by atoms with Crippen molar-refractivity contribution < 1.29 is 5.11 Å². The van der Waals surface area contributed by atoms with Gasteiger partial charge in [0, 0.05) is 5.57 Å². The lowest BCUT2D eigenvalue weighted by atomic mass is 9.84. The van der Waals surface area contributed by atoms with Crippen LogP contribution < -0.4 is 0 Å². The first kappa shape index (κ1) is 44.2. The van der Waals surface area contributed by atoms with Crippen molar-refractivity contribution in [3.63, 3.8) is 0 Å². The highest BCUT2D eigenvalue weighted by Crippen LogP contribution is 2.27. The minimum Gasteiger partial charge on any atom is -0.507 e. The highest BCUT2D eigenvalue weighted by atomic mass is 16.3. The van der Waals surface area contributed by atoms with Crippen LogP contribution in [0.3, 0.4) is 0 Å². The quantitative estimate of drug-likeness (QED) is 0.181. The van der Waals surface area contributed by atoms with Gasteiger partial charge in [0.05, 0.1) is 0 Å². The largest absolute Gasteiger partial charge is 0.507 e. The van der Waals surface area contributed by atoms with E-state index in [-0.39, 0.29) is 5.76 Å². The van der Waals surface area contributed by atoms with Crippen LogP contribution in [0.5, 0.6) is 0 Å². The molecule has 1 nitrogen and oxygen atoms in total. The highest BCUT2D eigenvalue weighted by Gasteiger charge is 2.13. The Morgan fingerprint density at radius 2 is 1.27 bits per heavy atom. The number of rotatable bonds is 8. The lowest BCUT2D eigenvalue weighted by Crippen LogP contribution is -2.08. The van der Waals surface area contributed by atoms with Crippen molar-refractivity contribution in [3.05, 3.63) is 120 Å². The van der Waals surface area contributed by atoms with Crippen LogP contribution >= 0.6 is 0 Å². The van der Waals surface area contributed by atoms with E-state index >= 15 is 0 Å². The predicted octanol–water partition coefficient (Wildman–Crippen LogP) is 13.6. The Balaban J connectivity index is -0.000000263. The summed E-state index contributed by atoms with van der Waals surface area (Å²) in [5.74, 6) is 2.24. The summed E-state index contributed by atoms with van der Waals surface area (Å²) < 4.78 is 0. The Hall–Kier alpha value is -2.80. The summed E-state index contributed by atoms with van der Waals surface area (Å²) in [6, 6.07) is 0. The van der Waals surface area contributed by atoms with Gasteiger partial charge in [-0.05, 0) is 83.9 Å². The van der Waals surface area contributed by atoms with Crippen LogP contribution in [-0.2, 0) is 0 Å². The van der Waals surface area contributed by atoms with E-state index in [1.165, 1.54) is 36.8 Å². The molecule has 0 atom stereocenters. The maximum absolute atomic E-state index is 10.0. The number of allylic oxidation sites excluding steroid dienone is 15. The molecule has 0 aliphatic heterocycles. The van der Waals surface area contributed by atoms with Gasteiger partial charge < -0.3 is 5.11 Å². The molecule has 0 radical (unpaired) electrons. The van der Waals surface area contributed by atoms with Crippen LogP contribution in [0, 0.1) is 11.8 Å². The fraction of sp³-hybridized carbons (Fsp3) is 0.487. The molecule has 0 aromatic carbocycles. The average molecular weight is 551 g/mol. The molecular formula is C39H66O. The molecule has 228 valence electrons. The molecule has 1 rings (SSSR count). The van der Waals surface area contributed by atoms with Crippen LogP contribution in [0.2, 0.25) is 0 Å². The Kier molecular flexibility index (Phi) is 34.0. The minimum absolute atomic E-state index is 0.199. The third-order valence-corrected chi connectivity index (χ3v) is 6.37. The fourth-order valence-electron chi connectivity index (χ4n) is 3.07. The molecule has 0 spiro atoms. The maximum Gasteiger partial charge on any atom is 0.123 e. The van der Waals surface area contributed by atoms with E-state index in [2.05, 4.69) is 73.1 Å². The van der Waals surface area contributed by atoms with Crippen LogP contribution in [0.25, 0.3) is 0 Å². The van der Waals surface area contributed by atoms with E-state index in [0.717, 1.165) is 35.0 Å². The van der Waals surface area contributed by atoms with E-state index in [1.54, 1.807) is 18.2 Å². The molecule has 0 bridgehead atoms. The van der Waals surface area contributed by atoms with Crippen molar-refractivity contribution in [2.24, 2.45) is 11.8 Å². The zero-order valence-corrected chi connectivity index (χ0v) is 28.7. The van der Waals surface area contributed by atoms with Gasteiger partial charge in [0.25, 0.3) is 0 Å². The molecule has 0 heterocycles. The summed E-state index contributed by atoms with van der Waals surface area (Å²) in [7, 11) is 0. The summed E-state index contributed by atoms with van der Waals surface area (Å²) in [6.45, 7) is 39.6. The van der Waals surface area contributed by atoms with Crippen molar-refractivity contribution in [2.45, 2.75) is 115 Å². The van der Waals surface area contributed by atoms with Gasteiger partial charge in [-0.15, -0.1) is 6.58 Å². The number of aliphatic hydroxyl groups excluding tert-OH is 1. The number of hydrogen-bond acceptors (Lipinski definition) is 1. The highest BCUT2D eigenvalue weighted by molar-refractivity contribution is 5.44. The Morgan fingerprint density at radius 3 is 1.57 bits per heavy atom. The van der Waals surface area contributed by atoms with Gasteiger partial charge >= 0.3 is 0 Å². The normalized spacial score (nSPS) is 17.9. The molecule has 1 N–H and O–H groups in total. The molecule has 0 amide bonds.